The van der Waals surface area contributed by atoms with Crippen LogP contribution in [0.15, 0.2) is 15.8 Å². The van der Waals surface area contributed by atoms with Gasteiger partial charge in [0, 0.05) is 19.8 Å². The molecule has 1 N–H and O–H groups in total. The summed E-state index contributed by atoms with van der Waals surface area (Å²) in [5.74, 6) is 1.38. The van der Waals surface area contributed by atoms with Gasteiger partial charge in [-0.1, -0.05) is 11.8 Å². The SMILES string of the molecule is CSc1nc(NCC2CCOCC2)n2ncc(Br)c2n1. The minimum Gasteiger partial charge on any atom is -0.381 e. The second-order valence-electron chi connectivity index (χ2n) is 4.70. The van der Waals surface area contributed by atoms with Crippen LogP contribution in [0.2, 0.25) is 0 Å². The highest BCUT2D eigenvalue weighted by atomic mass is 79.9. The Kier molecular flexibility index (Phi) is 4.42. The quantitative estimate of drug-likeness (QED) is 0.847. The minimum atomic E-state index is 0.630. The van der Waals surface area contributed by atoms with Gasteiger partial charge in [0.15, 0.2) is 10.8 Å². The van der Waals surface area contributed by atoms with E-state index in [2.05, 4.69) is 36.3 Å². The number of fused-ring (bicyclic) bond motifs is 1. The Balaban J connectivity index is 1.82. The molecule has 0 spiro atoms. The third-order valence-electron chi connectivity index (χ3n) is 3.38. The lowest BCUT2D eigenvalue weighted by atomic mass is 10.0. The molecule has 6 nitrogen and oxygen atoms in total. The first kappa shape index (κ1) is 14.1. The summed E-state index contributed by atoms with van der Waals surface area (Å²) in [4.78, 5) is 8.96. The Labute approximate surface area is 129 Å². The van der Waals surface area contributed by atoms with Crippen LogP contribution in [0.1, 0.15) is 12.8 Å². The number of anilines is 1. The Morgan fingerprint density at radius 3 is 3.00 bits per heavy atom. The van der Waals surface area contributed by atoms with E-state index in [0.29, 0.717) is 5.92 Å². The number of hydrogen-bond acceptors (Lipinski definition) is 6. The van der Waals surface area contributed by atoms with Crippen LogP contribution in [0.25, 0.3) is 5.65 Å². The van der Waals surface area contributed by atoms with Crippen LogP contribution in [0, 0.1) is 5.92 Å². The van der Waals surface area contributed by atoms with Crippen molar-refractivity contribution in [1.29, 1.82) is 0 Å². The molecule has 2 aromatic rings. The largest absolute Gasteiger partial charge is 0.381 e. The maximum absolute atomic E-state index is 5.38. The molecule has 0 radical (unpaired) electrons. The van der Waals surface area contributed by atoms with E-state index in [1.54, 1.807) is 10.7 Å². The van der Waals surface area contributed by atoms with E-state index in [1.807, 2.05) is 6.26 Å². The molecule has 2 aromatic heterocycles. The van der Waals surface area contributed by atoms with Gasteiger partial charge < -0.3 is 10.1 Å². The van der Waals surface area contributed by atoms with Crippen molar-refractivity contribution in [3.63, 3.8) is 0 Å². The lowest BCUT2D eigenvalue weighted by Gasteiger charge is -2.22. The van der Waals surface area contributed by atoms with Gasteiger partial charge in [0.1, 0.15) is 0 Å². The van der Waals surface area contributed by atoms with Crippen molar-refractivity contribution in [1.82, 2.24) is 19.6 Å². The summed E-state index contributed by atoms with van der Waals surface area (Å²) in [5.41, 5.74) is 0.791. The number of hydrogen-bond donors (Lipinski definition) is 1. The molecule has 0 atom stereocenters. The van der Waals surface area contributed by atoms with Crippen LogP contribution < -0.4 is 5.32 Å². The first-order valence-corrected chi connectivity index (χ1v) is 8.56. The summed E-state index contributed by atoms with van der Waals surface area (Å²) in [6, 6.07) is 0. The minimum absolute atomic E-state index is 0.630. The molecule has 0 unspecified atom stereocenters. The van der Waals surface area contributed by atoms with E-state index in [9.17, 15) is 0 Å². The second-order valence-corrected chi connectivity index (χ2v) is 6.33. The molecule has 0 saturated carbocycles. The third-order valence-corrected chi connectivity index (χ3v) is 4.48. The third kappa shape index (κ3) is 2.91. The Hall–Kier alpha value is -0.860. The van der Waals surface area contributed by atoms with Gasteiger partial charge in [-0.3, -0.25) is 0 Å². The average molecular weight is 358 g/mol. The standard InChI is InChI=1S/C12H16BrN5OS/c1-20-12-16-10-9(13)7-15-18(10)11(17-12)14-6-8-2-4-19-5-3-8/h7-8H,2-6H2,1H3,(H,14,16,17). The molecule has 0 aromatic carbocycles. The van der Waals surface area contributed by atoms with Crippen molar-refractivity contribution >= 4 is 39.3 Å². The highest BCUT2D eigenvalue weighted by Gasteiger charge is 2.16. The number of halogens is 1. The van der Waals surface area contributed by atoms with Crippen molar-refractivity contribution < 1.29 is 4.74 Å². The van der Waals surface area contributed by atoms with Crippen LogP contribution in [0.3, 0.4) is 0 Å². The number of thioether (sulfide) groups is 1. The Bertz CT molecular complexity index is 599. The van der Waals surface area contributed by atoms with Crippen molar-refractivity contribution in [2.24, 2.45) is 5.92 Å². The van der Waals surface area contributed by atoms with Gasteiger partial charge in [-0.05, 0) is 40.9 Å². The predicted molar refractivity (Wildman–Crippen MR) is 82.3 cm³/mol. The highest BCUT2D eigenvalue weighted by molar-refractivity contribution is 9.10. The Morgan fingerprint density at radius 2 is 2.25 bits per heavy atom. The summed E-state index contributed by atoms with van der Waals surface area (Å²) in [5, 5.41) is 8.45. The molecule has 0 bridgehead atoms. The zero-order valence-corrected chi connectivity index (χ0v) is 13.6. The van der Waals surface area contributed by atoms with Gasteiger partial charge in [0.25, 0.3) is 0 Å². The van der Waals surface area contributed by atoms with Gasteiger partial charge in [-0.2, -0.15) is 14.6 Å². The molecule has 1 aliphatic heterocycles. The number of aromatic nitrogens is 4. The summed E-state index contributed by atoms with van der Waals surface area (Å²) < 4.78 is 8.00. The van der Waals surface area contributed by atoms with Crippen molar-refractivity contribution in [3.8, 4) is 0 Å². The second kappa shape index (κ2) is 6.28. The maximum Gasteiger partial charge on any atom is 0.228 e. The molecular weight excluding hydrogens is 342 g/mol. The van der Waals surface area contributed by atoms with Crippen LogP contribution in [-0.4, -0.2) is 45.6 Å². The predicted octanol–water partition coefficient (Wildman–Crippen LogP) is 2.45. The summed E-state index contributed by atoms with van der Waals surface area (Å²) in [7, 11) is 0. The lowest BCUT2D eigenvalue weighted by molar-refractivity contribution is 0.0699. The van der Waals surface area contributed by atoms with Crippen LogP contribution in [0.5, 0.6) is 0 Å². The molecule has 20 heavy (non-hydrogen) atoms. The van der Waals surface area contributed by atoms with E-state index in [1.165, 1.54) is 11.8 Å². The van der Waals surface area contributed by atoms with E-state index in [-0.39, 0.29) is 0 Å². The van der Waals surface area contributed by atoms with E-state index in [4.69, 9.17) is 4.74 Å². The fourth-order valence-electron chi connectivity index (χ4n) is 2.22. The van der Waals surface area contributed by atoms with Crippen LogP contribution in [-0.2, 0) is 4.74 Å². The van der Waals surface area contributed by atoms with Crippen molar-refractivity contribution in [3.05, 3.63) is 10.7 Å². The van der Waals surface area contributed by atoms with Crippen molar-refractivity contribution in [2.75, 3.05) is 31.3 Å². The van der Waals surface area contributed by atoms with Gasteiger partial charge in [-0.25, -0.2) is 4.98 Å². The van der Waals surface area contributed by atoms with E-state index in [0.717, 1.165) is 53.8 Å². The number of nitrogens with one attached hydrogen (secondary N) is 1. The summed E-state index contributed by atoms with van der Waals surface area (Å²) in [6.45, 7) is 2.60. The summed E-state index contributed by atoms with van der Waals surface area (Å²) in [6.07, 6.45) is 5.91. The molecule has 108 valence electrons. The number of rotatable bonds is 4. The fourth-order valence-corrected chi connectivity index (χ4v) is 2.93. The lowest BCUT2D eigenvalue weighted by Crippen LogP contribution is -2.24. The molecule has 1 fully saturated rings. The first-order chi connectivity index (χ1) is 9.78. The monoisotopic (exact) mass is 357 g/mol. The van der Waals surface area contributed by atoms with Gasteiger partial charge >= 0.3 is 0 Å². The maximum atomic E-state index is 5.38. The van der Waals surface area contributed by atoms with Crippen LogP contribution >= 0.6 is 27.7 Å². The topological polar surface area (TPSA) is 64.3 Å². The molecule has 1 saturated heterocycles. The average Bonchev–Trinajstić information content (AvgIpc) is 2.87. The molecule has 1 aliphatic rings. The van der Waals surface area contributed by atoms with Gasteiger partial charge in [-0.15, -0.1) is 0 Å². The normalized spacial score (nSPS) is 16.7. The first-order valence-electron chi connectivity index (χ1n) is 6.55. The molecule has 0 amide bonds. The summed E-state index contributed by atoms with van der Waals surface area (Å²) >= 11 is 4.99. The zero-order chi connectivity index (χ0) is 13.9. The van der Waals surface area contributed by atoms with Gasteiger partial charge in [0.05, 0.1) is 10.7 Å². The van der Waals surface area contributed by atoms with Crippen LogP contribution in [0.4, 0.5) is 5.95 Å². The van der Waals surface area contributed by atoms with E-state index >= 15 is 0 Å². The molecular formula is C12H16BrN5OS. The Morgan fingerprint density at radius 1 is 1.45 bits per heavy atom. The molecule has 8 heteroatoms. The van der Waals surface area contributed by atoms with E-state index < -0.39 is 0 Å². The molecule has 3 heterocycles. The molecule has 0 aliphatic carbocycles. The smallest absolute Gasteiger partial charge is 0.228 e. The van der Waals surface area contributed by atoms with Crippen molar-refractivity contribution in [2.45, 2.75) is 18.0 Å². The highest BCUT2D eigenvalue weighted by Crippen LogP contribution is 2.22. The number of ether oxygens (including phenoxy) is 1. The van der Waals surface area contributed by atoms with Gasteiger partial charge in [0.2, 0.25) is 5.95 Å². The number of nitrogens with zero attached hydrogens (tertiary/aromatic N) is 4. The zero-order valence-electron chi connectivity index (χ0n) is 11.2. The fraction of sp³-hybridized carbons (Fsp3) is 0.583. The molecule has 3 rings (SSSR count).